The summed E-state index contributed by atoms with van der Waals surface area (Å²) < 4.78 is 50.6. The van der Waals surface area contributed by atoms with Gasteiger partial charge in [-0.25, -0.2) is 0 Å². The molecular weight excluding hydrogens is 1080 g/mol. The van der Waals surface area contributed by atoms with E-state index in [-0.39, 0.29) is 49.5 Å². The van der Waals surface area contributed by atoms with Crippen molar-refractivity contribution in [3.8, 4) is 23.3 Å². The number of piperazine rings is 1. The van der Waals surface area contributed by atoms with E-state index >= 15 is 0 Å². The van der Waals surface area contributed by atoms with Crippen LogP contribution in [0.15, 0.2) is 48.7 Å². The number of methoxy groups -OCH3 is 2. The van der Waals surface area contributed by atoms with Gasteiger partial charge in [-0.3, -0.25) is 39.2 Å². The third-order valence-electron chi connectivity index (χ3n) is 13.5. The van der Waals surface area contributed by atoms with E-state index in [0.29, 0.717) is 115 Å². The molecule has 7 rings (SSSR count). The Morgan fingerprint density at radius 2 is 1.32 bits per heavy atom. The average Bonchev–Trinajstić information content (AvgIpc) is 3.71. The molecule has 4 aromatic rings. The van der Waals surface area contributed by atoms with Gasteiger partial charge >= 0.3 is 0 Å². The molecule has 5 amide bonds. The molecule has 3 aromatic carbocycles. The Morgan fingerprint density at radius 3 is 1.96 bits per heavy atom. The number of nitrogens with one attached hydrogen (secondary N) is 3. The fraction of sp³-hybridized carbons (Fsp3) is 0.518. The van der Waals surface area contributed by atoms with E-state index in [4.69, 9.17) is 65.8 Å². The topological polar surface area (TPSA) is 251 Å². The van der Waals surface area contributed by atoms with Crippen LogP contribution in [-0.2, 0) is 42.8 Å². The summed E-state index contributed by atoms with van der Waals surface area (Å²) in [4.78, 5) is 73.1. The summed E-state index contributed by atoms with van der Waals surface area (Å²) in [5, 5.41) is 19.4. The number of benzene rings is 3. The number of hydrogen-bond acceptors (Lipinski definition) is 19. The number of carbonyl (C=O) groups excluding carboxylic acids is 5. The van der Waals surface area contributed by atoms with Crippen molar-refractivity contribution in [3.63, 3.8) is 0 Å². The smallest absolute Gasteiger partial charge is 0.264 e. The number of nitrogens with zero attached hydrogens (tertiary/aromatic N) is 5. The molecule has 0 bridgehead atoms. The third-order valence-corrected chi connectivity index (χ3v) is 14.1. The number of hydrogen-bond donors (Lipinski definition) is 3. The average molecular weight is 1150 g/mol. The van der Waals surface area contributed by atoms with Gasteiger partial charge < -0.3 is 63.1 Å². The molecule has 80 heavy (non-hydrogen) atoms. The number of anilines is 3. The van der Waals surface area contributed by atoms with Crippen molar-refractivity contribution in [2.75, 3.05) is 150 Å². The van der Waals surface area contributed by atoms with Crippen molar-refractivity contribution in [1.29, 1.82) is 5.26 Å². The van der Waals surface area contributed by atoms with Crippen molar-refractivity contribution in [2.45, 2.75) is 51.0 Å². The molecule has 24 heteroatoms. The zero-order chi connectivity index (χ0) is 56.6. The number of piperidine rings is 1. The Morgan fingerprint density at radius 1 is 0.700 bits per heavy atom. The summed E-state index contributed by atoms with van der Waals surface area (Å²) in [5.74, 6) is -1.54. The van der Waals surface area contributed by atoms with E-state index in [1.165, 1.54) is 44.3 Å². The molecule has 4 heterocycles. The number of nitriles is 1. The van der Waals surface area contributed by atoms with E-state index in [2.05, 4.69) is 36.8 Å². The Bertz CT molecular complexity index is 2800. The van der Waals surface area contributed by atoms with Crippen LogP contribution in [0, 0.1) is 11.3 Å². The summed E-state index contributed by atoms with van der Waals surface area (Å²) in [6.07, 6.45) is 6.92. The molecule has 1 aromatic heterocycles. The first kappa shape index (κ1) is 61.4. The molecule has 3 aliphatic rings. The maximum atomic E-state index is 13.2. The highest BCUT2D eigenvalue weighted by molar-refractivity contribution is 6.37. The number of halogens is 2. The number of unbranched alkanes of at least 4 members (excludes halogenated alkanes) is 3. The van der Waals surface area contributed by atoms with Gasteiger partial charge in [0.05, 0.1) is 136 Å². The van der Waals surface area contributed by atoms with Gasteiger partial charge in [-0.2, -0.15) is 5.26 Å². The highest BCUT2D eigenvalue weighted by Gasteiger charge is 2.45. The lowest BCUT2D eigenvalue weighted by Gasteiger charge is -2.34. The van der Waals surface area contributed by atoms with Crippen LogP contribution in [0.5, 0.6) is 17.2 Å². The van der Waals surface area contributed by atoms with Crippen LogP contribution < -0.4 is 30.2 Å². The summed E-state index contributed by atoms with van der Waals surface area (Å²) in [7, 11) is 3.11. The Balaban J connectivity index is 0.621. The normalized spacial score (nSPS) is 15.7. The minimum absolute atomic E-state index is 0.00530. The van der Waals surface area contributed by atoms with E-state index < -0.39 is 35.6 Å². The monoisotopic (exact) mass is 1150 g/mol. The number of fused-ring (bicyclic) bond motifs is 2. The van der Waals surface area contributed by atoms with Gasteiger partial charge in [0.15, 0.2) is 11.5 Å². The molecule has 2 saturated heterocycles. The van der Waals surface area contributed by atoms with Gasteiger partial charge in [0.25, 0.3) is 11.8 Å². The fourth-order valence-corrected chi connectivity index (χ4v) is 9.79. The molecule has 2 fully saturated rings. The number of carbonyl (C=O) groups is 5. The van der Waals surface area contributed by atoms with E-state index in [1.807, 2.05) is 12.1 Å². The Kier molecular flexibility index (Phi) is 24.8. The van der Waals surface area contributed by atoms with Gasteiger partial charge in [0, 0.05) is 69.5 Å². The van der Waals surface area contributed by atoms with Crippen LogP contribution in [0.1, 0.15) is 71.2 Å². The summed E-state index contributed by atoms with van der Waals surface area (Å²) in [6, 6.07) is 12.5. The van der Waals surface area contributed by atoms with Gasteiger partial charge in [-0.1, -0.05) is 42.1 Å². The second-order valence-electron chi connectivity index (χ2n) is 18.9. The van der Waals surface area contributed by atoms with Crippen molar-refractivity contribution >= 4 is 80.7 Å². The largest absolute Gasteiger partial charge is 0.495 e. The number of rotatable bonds is 35. The van der Waals surface area contributed by atoms with Gasteiger partial charge in [-0.15, -0.1) is 0 Å². The molecule has 0 spiro atoms. The fourth-order valence-electron chi connectivity index (χ4n) is 9.28. The maximum Gasteiger partial charge on any atom is 0.264 e. The minimum Gasteiger partial charge on any atom is -0.495 e. The second kappa shape index (κ2) is 32.3. The van der Waals surface area contributed by atoms with E-state index in [0.717, 1.165) is 70.0 Å². The summed E-state index contributed by atoms with van der Waals surface area (Å²) >= 11 is 12.7. The van der Waals surface area contributed by atoms with Crippen LogP contribution in [0.2, 0.25) is 10.0 Å². The Labute approximate surface area is 475 Å². The standard InChI is InChI=1S/C56H70Cl2N8O14/c1-72-47-34-45(41(57)32-42(47)58)62-53-38(35-59)36-60-44-33-49(48(73-2)31-40(44)53)80-20-8-14-65-17-15-64(16-18-65)13-5-3-4-6-19-74-21-22-75-23-24-76-25-26-77-27-28-78-29-30-79-37-51(68)61-43-10-7-9-39-52(43)56(71)66(55(39)70)46-11-12-50(67)63-54(46)69/h7,9-10,31-34,36,46H,3-6,8,11-30,37H2,1-2H3,(H,60,62)(H,61,68)(H,63,67,69). The lowest BCUT2D eigenvalue weighted by molar-refractivity contribution is -0.136. The first-order chi connectivity index (χ1) is 39.0. The van der Waals surface area contributed by atoms with Crippen molar-refractivity contribution in [3.05, 3.63) is 75.4 Å². The number of pyridine rings is 1. The SMILES string of the molecule is COc1cc(Nc2c(C#N)cnc3cc(OCCCN4CCN(CCCCCCOCCOCCOCCOCCOCCOCC(=O)Nc5cccc6c5C(=O)N(C5CCC(=O)NC5=O)C6=O)CC4)c(OC)cc23)c(Cl)cc1Cl. The van der Waals surface area contributed by atoms with E-state index in [1.54, 1.807) is 19.2 Å². The summed E-state index contributed by atoms with van der Waals surface area (Å²) in [5.41, 5.74) is 2.19. The Hall–Kier alpha value is -6.23. The number of amides is 5. The van der Waals surface area contributed by atoms with Crippen LogP contribution in [-0.4, -0.2) is 195 Å². The van der Waals surface area contributed by atoms with Crippen LogP contribution >= 0.6 is 23.2 Å². The molecule has 1 atom stereocenters. The van der Waals surface area contributed by atoms with Gasteiger partial charge in [0.2, 0.25) is 17.7 Å². The highest BCUT2D eigenvalue weighted by Crippen LogP contribution is 2.41. The molecule has 0 aliphatic carbocycles. The predicted molar refractivity (Wildman–Crippen MR) is 297 cm³/mol. The maximum absolute atomic E-state index is 13.2. The molecule has 22 nitrogen and oxygen atoms in total. The minimum atomic E-state index is -1.11. The molecule has 0 saturated carbocycles. The number of ether oxygens (including phenoxy) is 9. The lowest BCUT2D eigenvalue weighted by Crippen LogP contribution is -2.54. The van der Waals surface area contributed by atoms with Crippen molar-refractivity contribution < 1.29 is 66.6 Å². The molecule has 1 unspecified atom stereocenters. The highest BCUT2D eigenvalue weighted by atomic mass is 35.5. The number of imide groups is 2. The lowest BCUT2D eigenvalue weighted by atomic mass is 10.0. The molecule has 0 radical (unpaired) electrons. The van der Waals surface area contributed by atoms with Gasteiger partial charge in [0.1, 0.15) is 24.5 Å². The zero-order valence-electron chi connectivity index (χ0n) is 45.3. The quantitative estimate of drug-likeness (QED) is 0.0340. The third kappa shape index (κ3) is 17.6. The number of aromatic nitrogens is 1. The first-order valence-corrected chi connectivity index (χ1v) is 27.6. The summed E-state index contributed by atoms with van der Waals surface area (Å²) in [6.45, 7) is 11.0. The molecular formula is C56H70Cl2N8O14. The second-order valence-corrected chi connectivity index (χ2v) is 19.7. The predicted octanol–water partition coefficient (Wildman–Crippen LogP) is 6.26. The molecule has 3 N–H and O–H groups in total. The van der Waals surface area contributed by atoms with Crippen LogP contribution in [0.3, 0.4) is 0 Å². The van der Waals surface area contributed by atoms with Crippen LogP contribution in [0.4, 0.5) is 17.1 Å². The van der Waals surface area contributed by atoms with Crippen molar-refractivity contribution in [1.82, 2.24) is 25.0 Å². The molecule has 432 valence electrons. The van der Waals surface area contributed by atoms with E-state index in [9.17, 15) is 29.2 Å². The first-order valence-electron chi connectivity index (χ1n) is 26.9. The zero-order valence-corrected chi connectivity index (χ0v) is 46.8. The van der Waals surface area contributed by atoms with Crippen molar-refractivity contribution in [2.24, 2.45) is 0 Å². The molecule has 3 aliphatic heterocycles. The van der Waals surface area contributed by atoms with Gasteiger partial charge in [-0.05, 0) is 56.5 Å². The van der Waals surface area contributed by atoms with Crippen LogP contribution in [0.25, 0.3) is 10.9 Å².